The largest absolute Gasteiger partial charge is 0.493 e. The SMILES string of the molecule is COc1cc(/C=N\n2c(C)nc3sccc3c2=O)ccc1OCC#N. The maximum atomic E-state index is 12.5. The van der Waals surface area contributed by atoms with Crippen LogP contribution in [0.15, 0.2) is 39.5 Å². The molecule has 0 unspecified atom stereocenters. The van der Waals surface area contributed by atoms with Crippen molar-refractivity contribution in [2.45, 2.75) is 6.92 Å². The van der Waals surface area contributed by atoms with Gasteiger partial charge in [-0.05, 0) is 42.1 Å². The van der Waals surface area contributed by atoms with Crippen LogP contribution in [0.3, 0.4) is 0 Å². The summed E-state index contributed by atoms with van der Waals surface area (Å²) < 4.78 is 11.8. The van der Waals surface area contributed by atoms with Gasteiger partial charge in [-0.2, -0.15) is 15.0 Å². The molecular formula is C17H14N4O3S. The summed E-state index contributed by atoms with van der Waals surface area (Å²) in [7, 11) is 1.51. The lowest BCUT2D eigenvalue weighted by molar-refractivity contribution is 0.329. The highest BCUT2D eigenvalue weighted by molar-refractivity contribution is 7.16. The highest BCUT2D eigenvalue weighted by Gasteiger charge is 2.08. The van der Waals surface area contributed by atoms with Gasteiger partial charge in [0.1, 0.15) is 16.7 Å². The van der Waals surface area contributed by atoms with Crippen molar-refractivity contribution >= 4 is 27.8 Å². The molecule has 0 aliphatic heterocycles. The first-order valence-electron chi connectivity index (χ1n) is 7.33. The van der Waals surface area contributed by atoms with E-state index in [9.17, 15) is 4.79 Å². The van der Waals surface area contributed by atoms with Gasteiger partial charge in [-0.15, -0.1) is 11.3 Å². The van der Waals surface area contributed by atoms with Gasteiger partial charge in [0.2, 0.25) is 0 Å². The van der Waals surface area contributed by atoms with Gasteiger partial charge in [-0.1, -0.05) is 0 Å². The van der Waals surface area contributed by atoms with Gasteiger partial charge < -0.3 is 9.47 Å². The van der Waals surface area contributed by atoms with E-state index in [4.69, 9.17) is 14.7 Å². The van der Waals surface area contributed by atoms with E-state index in [0.29, 0.717) is 27.5 Å². The first-order valence-corrected chi connectivity index (χ1v) is 8.21. The molecule has 8 heteroatoms. The van der Waals surface area contributed by atoms with Crippen molar-refractivity contribution in [3.63, 3.8) is 0 Å². The predicted octanol–water partition coefficient (Wildman–Crippen LogP) is 2.56. The summed E-state index contributed by atoms with van der Waals surface area (Å²) in [6, 6.07) is 8.81. The first-order chi connectivity index (χ1) is 12.1. The maximum absolute atomic E-state index is 12.5. The Balaban J connectivity index is 1.95. The summed E-state index contributed by atoms with van der Waals surface area (Å²) in [6.45, 7) is 1.67. The average Bonchev–Trinajstić information content (AvgIpc) is 3.08. The van der Waals surface area contributed by atoms with Crippen LogP contribution in [0.25, 0.3) is 10.2 Å². The fourth-order valence-corrected chi connectivity index (χ4v) is 3.06. The molecular weight excluding hydrogens is 340 g/mol. The predicted molar refractivity (Wildman–Crippen MR) is 95.7 cm³/mol. The van der Waals surface area contributed by atoms with Crippen LogP contribution in [0.1, 0.15) is 11.4 Å². The molecule has 1 aromatic carbocycles. The highest BCUT2D eigenvalue weighted by atomic mass is 32.1. The lowest BCUT2D eigenvalue weighted by Crippen LogP contribution is -2.19. The van der Waals surface area contributed by atoms with Crippen LogP contribution in [-0.4, -0.2) is 29.6 Å². The third-order valence-corrected chi connectivity index (χ3v) is 4.25. The molecule has 0 atom stereocenters. The number of ether oxygens (including phenoxy) is 2. The molecule has 3 rings (SSSR count). The van der Waals surface area contributed by atoms with Gasteiger partial charge in [0, 0.05) is 0 Å². The molecule has 2 heterocycles. The first kappa shape index (κ1) is 16.7. The second-order valence-electron chi connectivity index (χ2n) is 5.02. The standard InChI is InChI=1S/C17H14N4O3S/c1-11-20-16-13(5-8-25-16)17(22)21(11)19-10-12-3-4-14(24-7-6-18)15(9-12)23-2/h3-5,8-10H,7H2,1-2H3/b19-10-. The van der Waals surface area contributed by atoms with E-state index in [0.717, 1.165) is 5.56 Å². The fraction of sp³-hybridized carbons (Fsp3) is 0.176. The van der Waals surface area contributed by atoms with Crippen molar-refractivity contribution in [1.29, 1.82) is 5.26 Å². The van der Waals surface area contributed by atoms with Crippen molar-refractivity contribution in [2.24, 2.45) is 5.10 Å². The lowest BCUT2D eigenvalue weighted by Gasteiger charge is -2.08. The number of nitrogens with zero attached hydrogens (tertiary/aromatic N) is 4. The Morgan fingerprint density at radius 2 is 2.24 bits per heavy atom. The second-order valence-corrected chi connectivity index (χ2v) is 5.91. The zero-order valence-corrected chi connectivity index (χ0v) is 14.4. The number of thiophene rings is 1. The van der Waals surface area contributed by atoms with Crippen molar-refractivity contribution in [1.82, 2.24) is 9.66 Å². The molecule has 25 heavy (non-hydrogen) atoms. The Morgan fingerprint density at radius 1 is 1.40 bits per heavy atom. The Bertz CT molecular complexity index is 1050. The van der Waals surface area contributed by atoms with Crippen molar-refractivity contribution < 1.29 is 9.47 Å². The van der Waals surface area contributed by atoms with Crippen molar-refractivity contribution in [2.75, 3.05) is 13.7 Å². The van der Waals surface area contributed by atoms with Gasteiger partial charge in [-0.25, -0.2) is 4.98 Å². The average molecular weight is 354 g/mol. The molecule has 0 amide bonds. The number of methoxy groups -OCH3 is 1. The number of aromatic nitrogens is 2. The van der Waals surface area contributed by atoms with Gasteiger partial charge in [0.25, 0.3) is 5.56 Å². The summed E-state index contributed by atoms with van der Waals surface area (Å²) in [5, 5.41) is 15.2. The van der Waals surface area contributed by atoms with E-state index in [2.05, 4.69) is 10.1 Å². The van der Waals surface area contributed by atoms with Crippen LogP contribution >= 0.6 is 11.3 Å². The van der Waals surface area contributed by atoms with E-state index >= 15 is 0 Å². The number of hydrogen-bond donors (Lipinski definition) is 0. The van der Waals surface area contributed by atoms with Gasteiger partial charge in [0.05, 0.1) is 18.7 Å². The number of hydrogen-bond acceptors (Lipinski definition) is 7. The topological polar surface area (TPSA) is 89.5 Å². The molecule has 0 saturated carbocycles. The van der Waals surface area contributed by atoms with Crippen LogP contribution < -0.4 is 15.0 Å². The molecule has 0 fully saturated rings. The summed E-state index contributed by atoms with van der Waals surface area (Å²) in [5.74, 6) is 1.46. The van der Waals surface area contributed by atoms with Gasteiger partial charge in [0.15, 0.2) is 18.1 Å². The monoisotopic (exact) mass is 354 g/mol. The Hall–Kier alpha value is -3.18. The van der Waals surface area contributed by atoms with E-state index < -0.39 is 0 Å². The quantitative estimate of drug-likeness (QED) is 0.657. The smallest absolute Gasteiger partial charge is 0.282 e. The van der Waals surface area contributed by atoms with Gasteiger partial charge >= 0.3 is 0 Å². The Labute approximate surface area is 147 Å². The highest BCUT2D eigenvalue weighted by Crippen LogP contribution is 2.27. The molecule has 0 aliphatic rings. The summed E-state index contributed by atoms with van der Waals surface area (Å²) in [6.07, 6.45) is 1.55. The fourth-order valence-electron chi connectivity index (χ4n) is 2.26. The number of aryl methyl sites for hydroxylation is 1. The number of nitriles is 1. The minimum absolute atomic E-state index is 0.0648. The Morgan fingerprint density at radius 3 is 3.00 bits per heavy atom. The summed E-state index contributed by atoms with van der Waals surface area (Å²) in [4.78, 5) is 17.6. The molecule has 0 spiro atoms. The lowest BCUT2D eigenvalue weighted by atomic mass is 10.2. The van der Waals surface area contributed by atoms with E-state index in [1.807, 2.05) is 11.4 Å². The molecule has 2 aromatic heterocycles. The molecule has 0 saturated heterocycles. The van der Waals surface area contributed by atoms with Crippen LogP contribution in [0, 0.1) is 18.3 Å². The molecule has 0 radical (unpaired) electrons. The summed E-state index contributed by atoms with van der Waals surface area (Å²) in [5.41, 5.74) is 0.513. The third kappa shape index (κ3) is 3.36. The molecule has 7 nitrogen and oxygen atoms in total. The van der Waals surface area contributed by atoms with Crippen LogP contribution in [0.2, 0.25) is 0 Å². The number of rotatable bonds is 5. The van der Waals surface area contributed by atoms with Crippen molar-refractivity contribution in [3.05, 3.63) is 51.4 Å². The maximum Gasteiger partial charge on any atom is 0.282 e. The van der Waals surface area contributed by atoms with Crippen LogP contribution in [0.4, 0.5) is 0 Å². The number of fused-ring (bicyclic) bond motifs is 1. The summed E-state index contributed by atoms with van der Waals surface area (Å²) >= 11 is 1.42. The molecule has 3 aromatic rings. The van der Waals surface area contributed by atoms with Gasteiger partial charge in [-0.3, -0.25) is 4.79 Å². The third-order valence-electron chi connectivity index (χ3n) is 3.44. The van der Waals surface area contributed by atoms with Crippen molar-refractivity contribution in [3.8, 4) is 17.6 Å². The van der Waals surface area contributed by atoms with Crippen LogP contribution in [0.5, 0.6) is 11.5 Å². The van der Waals surface area contributed by atoms with E-state index in [1.165, 1.54) is 23.1 Å². The normalized spacial score (nSPS) is 10.9. The zero-order valence-electron chi connectivity index (χ0n) is 13.6. The minimum Gasteiger partial charge on any atom is -0.493 e. The van der Waals surface area contributed by atoms with Crippen LogP contribution in [-0.2, 0) is 0 Å². The van der Waals surface area contributed by atoms with E-state index in [1.54, 1.807) is 37.4 Å². The minimum atomic E-state index is -0.207. The zero-order chi connectivity index (χ0) is 17.8. The Kier molecular flexibility index (Phi) is 4.77. The second kappa shape index (κ2) is 7.15. The molecule has 0 aliphatic carbocycles. The molecule has 126 valence electrons. The van der Waals surface area contributed by atoms with E-state index in [-0.39, 0.29) is 12.2 Å². The number of benzene rings is 1. The molecule has 0 N–H and O–H groups in total. The molecule has 0 bridgehead atoms.